The quantitative estimate of drug-likeness (QED) is 0.844. The molecule has 2 rings (SSSR count). The van der Waals surface area contributed by atoms with Gasteiger partial charge in [0.2, 0.25) is 0 Å². The van der Waals surface area contributed by atoms with Gasteiger partial charge in [-0.25, -0.2) is 4.79 Å². The smallest absolute Gasteiger partial charge is 0.341 e. The number of phenols is 1. The van der Waals surface area contributed by atoms with Crippen LogP contribution in [-0.2, 0) is 9.47 Å². The molecular formula is C14H18O5. The van der Waals surface area contributed by atoms with Crippen LogP contribution in [0, 0.1) is 5.92 Å². The molecule has 5 heteroatoms. The van der Waals surface area contributed by atoms with Crippen molar-refractivity contribution in [2.45, 2.75) is 12.8 Å². The zero-order valence-corrected chi connectivity index (χ0v) is 10.9. The van der Waals surface area contributed by atoms with E-state index in [2.05, 4.69) is 4.74 Å². The second-order valence-corrected chi connectivity index (χ2v) is 4.54. The van der Waals surface area contributed by atoms with Crippen molar-refractivity contribution in [1.82, 2.24) is 0 Å². The lowest BCUT2D eigenvalue weighted by atomic mass is 10.0. The molecule has 0 bridgehead atoms. The highest BCUT2D eigenvalue weighted by Crippen LogP contribution is 2.26. The Bertz CT molecular complexity index is 437. The van der Waals surface area contributed by atoms with Crippen LogP contribution in [0.3, 0.4) is 0 Å². The van der Waals surface area contributed by atoms with Crippen molar-refractivity contribution in [3.05, 3.63) is 23.8 Å². The summed E-state index contributed by atoms with van der Waals surface area (Å²) in [4.78, 5) is 11.6. The first-order chi connectivity index (χ1) is 9.20. The van der Waals surface area contributed by atoms with Crippen LogP contribution in [0.1, 0.15) is 23.2 Å². The lowest BCUT2D eigenvalue weighted by molar-refractivity contribution is 0.0483. The monoisotopic (exact) mass is 266 g/mol. The van der Waals surface area contributed by atoms with Crippen molar-refractivity contribution in [1.29, 1.82) is 0 Å². The highest BCUT2D eigenvalue weighted by atomic mass is 16.5. The van der Waals surface area contributed by atoms with E-state index in [-0.39, 0.29) is 5.75 Å². The third-order valence-corrected chi connectivity index (χ3v) is 3.19. The Morgan fingerprint density at radius 3 is 2.84 bits per heavy atom. The van der Waals surface area contributed by atoms with Crippen molar-refractivity contribution in [3.8, 4) is 11.5 Å². The van der Waals surface area contributed by atoms with Crippen LogP contribution in [0.15, 0.2) is 18.2 Å². The number of methoxy groups -OCH3 is 1. The SMILES string of the molecule is COC(=O)c1ccc(O)cc1OCC1CCOCC1. The average Bonchev–Trinajstić information content (AvgIpc) is 2.45. The molecule has 5 nitrogen and oxygen atoms in total. The highest BCUT2D eigenvalue weighted by Gasteiger charge is 2.18. The van der Waals surface area contributed by atoms with Crippen LogP contribution >= 0.6 is 0 Å². The first kappa shape index (κ1) is 13.7. The molecule has 19 heavy (non-hydrogen) atoms. The summed E-state index contributed by atoms with van der Waals surface area (Å²) in [6, 6.07) is 4.37. The van der Waals surface area contributed by atoms with E-state index in [1.54, 1.807) is 0 Å². The first-order valence-electron chi connectivity index (χ1n) is 6.32. The van der Waals surface area contributed by atoms with Crippen LogP contribution in [0.2, 0.25) is 0 Å². The van der Waals surface area contributed by atoms with Gasteiger partial charge in [-0.3, -0.25) is 0 Å². The van der Waals surface area contributed by atoms with Crippen molar-refractivity contribution in [3.63, 3.8) is 0 Å². The number of ether oxygens (including phenoxy) is 3. The summed E-state index contributed by atoms with van der Waals surface area (Å²) in [6.07, 6.45) is 1.90. The van der Waals surface area contributed by atoms with E-state index in [0.717, 1.165) is 26.1 Å². The average molecular weight is 266 g/mol. The lowest BCUT2D eigenvalue weighted by Crippen LogP contribution is -2.22. The Morgan fingerprint density at radius 2 is 2.16 bits per heavy atom. The van der Waals surface area contributed by atoms with Crippen molar-refractivity contribution < 1.29 is 24.1 Å². The van der Waals surface area contributed by atoms with Gasteiger partial charge in [-0.2, -0.15) is 0 Å². The molecule has 1 aromatic carbocycles. The molecule has 0 atom stereocenters. The third-order valence-electron chi connectivity index (χ3n) is 3.19. The molecule has 104 valence electrons. The van der Waals surface area contributed by atoms with Gasteiger partial charge in [0.1, 0.15) is 17.1 Å². The molecule has 1 saturated heterocycles. The van der Waals surface area contributed by atoms with Gasteiger partial charge in [0.05, 0.1) is 13.7 Å². The summed E-state index contributed by atoms with van der Waals surface area (Å²) < 4.78 is 15.6. The fraction of sp³-hybridized carbons (Fsp3) is 0.500. The number of esters is 1. The number of rotatable bonds is 4. The number of phenolic OH excluding ortho intramolecular Hbond substituents is 1. The largest absolute Gasteiger partial charge is 0.508 e. The summed E-state index contributed by atoms with van der Waals surface area (Å²) in [5, 5.41) is 9.48. The first-order valence-corrected chi connectivity index (χ1v) is 6.32. The van der Waals surface area contributed by atoms with Gasteiger partial charge < -0.3 is 19.3 Å². The van der Waals surface area contributed by atoms with Gasteiger partial charge in [0.25, 0.3) is 0 Å². The maximum absolute atomic E-state index is 11.6. The van der Waals surface area contributed by atoms with Crippen LogP contribution in [-0.4, -0.2) is 38.0 Å². The van der Waals surface area contributed by atoms with Gasteiger partial charge in [0.15, 0.2) is 0 Å². The Hall–Kier alpha value is -1.75. The minimum atomic E-state index is -0.470. The number of benzene rings is 1. The molecule has 1 aliphatic heterocycles. The molecule has 1 aromatic rings. The Kier molecular flexibility index (Phi) is 4.63. The summed E-state index contributed by atoms with van der Waals surface area (Å²) in [7, 11) is 1.32. The molecule has 0 radical (unpaired) electrons. The number of hydrogen-bond donors (Lipinski definition) is 1. The molecular weight excluding hydrogens is 248 g/mol. The molecule has 1 heterocycles. The van der Waals surface area contributed by atoms with E-state index in [1.807, 2.05) is 0 Å². The van der Waals surface area contributed by atoms with Crippen molar-refractivity contribution >= 4 is 5.97 Å². The minimum absolute atomic E-state index is 0.0645. The fourth-order valence-electron chi connectivity index (χ4n) is 2.03. The van der Waals surface area contributed by atoms with E-state index in [0.29, 0.717) is 23.8 Å². The van der Waals surface area contributed by atoms with Gasteiger partial charge in [-0.05, 0) is 30.9 Å². The fourth-order valence-corrected chi connectivity index (χ4v) is 2.03. The Morgan fingerprint density at radius 1 is 1.42 bits per heavy atom. The highest BCUT2D eigenvalue weighted by molar-refractivity contribution is 5.92. The zero-order chi connectivity index (χ0) is 13.7. The number of hydrogen-bond acceptors (Lipinski definition) is 5. The number of carbonyl (C=O) groups excluding carboxylic acids is 1. The van der Waals surface area contributed by atoms with Gasteiger partial charge in [-0.15, -0.1) is 0 Å². The van der Waals surface area contributed by atoms with Crippen molar-refractivity contribution in [2.24, 2.45) is 5.92 Å². The molecule has 1 aliphatic rings. The molecule has 0 spiro atoms. The van der Waals surface area contributed by atoms with Crippen LogP contribution in [0.25, 0.3) is 0 Å². The van der Waals surface area contributed by atoms with E-state index < -0.39 is 5.97 Å². The second kappa shape index (κ2) is 6.43. The van der Waals surface area contributed by atoms with E-state index in [4.69, 9.17) is 9.47 Å². The summed E-state index contributed by atoms with van der Waals surface area (Å²) in [5.41, 5.74) is 0.326. The predicted molar refractivity (Wildman–Crippen MR) is 68.5 cm³/mol. The predicted octanol–water partition coefficient (Wildman–Crippen LogP) is 1.98. The van der Waals surface area contributed by atoms with Crippen LogP contribution < -0.4 is 4.74 Å². The molecule has 0 saturated carbocycles. The normalized spacial score (nSPS) is 16.1. The Labute approximate surface area is 112 Å². The van der Waals surface area contributed by atoms with E-state index in [9.17, 15) is 9.90 Å². The summed E-state index contributed by atoms with van der Waals surface area (Å²) >= 11 is 0. The van der Waals surface area contributed by atoms with E-state index >= 15 is 0 Å². The third kappa shape index (κ3) is 3.61. The zero-order valence-electron chi connectivity index (χ0n) is 10.9. The molecule has 0 aromatic heterocycles. The molecule has 0 amide bonds. The minimum Gasteiger partial charge on any atom is -0.508 e. The van der Waals surface area contributed by atoms with Crippen LogP contribution in [0.4, 0.5) is 0 Å². The summed E-state index contributed by atoms with van der Waals surface area (Å²) in [6.45, 7) is 2.01. The van der Waals surface area contributed by atoms with Crippen molar-refractivity contribution in [2.75, 3.05) is 26.9 Å². The molecule has 0 unspecified atom stereocenters. The molecule has 1 fully saturated rings. The van der Waals surface area contributed by atoms with Gasteiger partial charge >= 0.3 is 5.97 Å². The Balaban J connectivity index is 2.05. The lowest BCUT2D eigenvalue weighted by Gasteiger charge is -2.22. The van der Waals surface area contributed by atoms with Crippen LogP contribution in [0.5, 0.6) is 11.5 Å². The molecule has 1 N–H and O–H groups in total. The maximum Gasteiger partial charge on any atom is 0.341 e. The topological polar surface area (TPSA) is 65.0 Å². The standard InChI is InChI=1S/C14H18O5/c1-17-14(16)12-3-2-11(15)8-13(12)19-9-10-4-6-18-7-5-10/h2-3,8,10,15H,4-7,9H2,1H3. The van der Waals surface area contributed by atoms with E-state index in [1.165, 1.54) is 25.3 Å². The summed E-state index contributed by atoms with van der Waals surface area (Å²) in [5.74, 6) is 0.372. The molecule has 0 aliphatic carbocycles. The number of aromatic hydroxyl groups is 1. The van der Waals surface area contributed by atoms with Gasteiger partial charge in [-0.1, -0.05) is 0 Å². The number of carbonyl (C=O) groups is 1. The maximum atomic E-state index is 11.6. The van der Waals surface area contributed by atoms with Gasteiger partial charge in [0, 0.05) is 19.3 Å². The second-order valence-electron chi connectivity index (χ2n) is 4.54.